The second-order valence-corrected chi connectivity index (χ2v) is 3.84. The van der Waals surface area contributed by atoms with Gasteiger partial charge < -0.3 is 0 Å². The quantitative estimate of drug-likeness (QED) is 0.741. The van der Waals surface area contributed by atoms with Crippen molar-refractivity contribution in [2.45, 2.75) is 12.8 Å². The minimum atomic E-state index is -0.431. The van der Waals surface area contributed by atoms with E-state index in [0.717, 1.165) is 0 Å². The van der Waals surface area contributed by atoms with E-state index in [1.165, 1.54) is 0 Å². The van der Waals surface area contributed by atoms with E-state index in [9.17, 15) is 9.59 Å². The van der Waals surface area contributed by atoms with E-state index in [-0.39, 0.29) is 12.8 Å². The summed E-state index contributed by atoms with van der Waals surface area (Å²) in [4.78, 5) is 31.4. The summed E-state index contributed by atoms with van der Waals surface area (Å²) >= 11 is 0. The minimum absolute atomic E-state index is 0.0481. The number of aromatic nitrogens is 2. The number of pyridine rings is 2. The van der Waals surface area contributed by atoms with Crippen molar-refractivity contribution in [2.24, 2.45) is 0 Å². The van der Waals surface area contributed by atoms with E-state index in [4.69, 9.17) is 0 Å². The summed E-state index contributed by atoms with van der Waals surface area (Å²) in [6.45, 7) is 0. The smallest absolute Gasteiger partial charge is 0.204 e. The van der Waals surface area contributed by atoms with E-state index in [0.29, 0.717) is 11.4 Å². The SMILES string of the molecule is O=C(Cc1ccccn1)C(=O)Cc1ccccn1. The number of hydrogen-bond acceptors (Lipinski definition) is 4. The van der Waals surface area contributed by atoms with Crippen LogP contribution in [0, 0.1) is 0 Å². The molecule has 0 aromatic carbocycles. The molecule has 0 spiro atoms. The number of carbonyl (C=O) groups excluding carboxylic acids is 2. The molecule has 0 saturated carbocycles. The first-order chi connectivity index (χ1) is 8.75. The third kappa shape index (κ3) is 3.31. The van der Waals surface area contributed by atoms with Gasteiger partial charge in [0.05, 0.1) is 12.8 Å². The Bertz CT molecular complexity index is 487. The third-order valence-corrected chi connectivity index (χ3v) is 2.45. The summed E-state index contributed by atoms with van der Waals surface area (Å²) in [5.74, 6) is -0.862. The van der Waals surface area contributed by atoms with Crippen LogP contribution in [0.15, 0.2) is 48.8 Å². The van der Waals surface area contributed by atoms with E-state index in [1.807, 2.05) is 0 Å². The van der Waals surface area contributed by atoms with Crippen molar-refractivity contribution in [3.8, 4) is 0 Å². The molecule has 2 rings (SSSR count). The Morgan fingerprint density at radius 3 is 1.56 bits per heavy atom. The van der Waals surface area contributed by atoms with Gasteiger partial charge in [0.25, 0.3) is 0 Å². The molecule has 0 bridgehead atoms. The number of carbonyl (C=O) groups is 2. The standard InChI is InChI=1S/C14H12N2O2/c17-13(9-11-5-1-3-7-15-11)14(18)10-12-6-2-4-8-16-12/h1-8H,9-10H2. The van der Waals surface area contributed by atoms with E-state index in [2.05, 4.69) is 9.97 Å². The fraction of sp³-hybridized carbons (Fsp3) is 0.143. The zero-order valence-electron chi connectivity index (χ0n) is 9.74. The van der Waals surface area contributed by atoms with Crippen LogP contribution in [-0.2, 0) is 22.4 Å². The summed E-state index contributed by atoms with van der Waals surface area (Å²) in [7, 11) is 0. The molecule has 90 valence electrons. The Morgan fingerprint density at radius 1 is 0.778 bits per heavy atom. The van der Waals surface area contributed by atoms with E-state index < -0.39 is 11.6 Å². The Hall–Kier alpha value is -2.36. The summed E-state index contributed by atoms with van der Waals surface area (Å²) in [5.41, 5.74) is 1.22. The van der Waals surface area contributed by atoms with Gasteiger partial charge in [0.1, 0.15) is 0 Å². The van der Waals surface area contributed by atoms with Crippen molar-refractivity contribution in [2.75, 3.05) is 0 Å². The molecule has 4 heteroatoms. The lowest BCUT2D eigenvalue weighted by atomic mass is 10.1. The molecular formula is C14H12N2O2. The highest BCUT2D eigenvalue weighted by molar-refractivity contribution is 6.37. The van der Waals surface area contributed by atoms with Crippen LogP contribution in [0.4, 0.5) is 0 Å². The van der Waals surface area contributed by atoms with Crippen LogP contribution in [-0.4, -0.2) is 21.5 Å². The van der Waals surface area contributed by atoms with Gasteiger partial charge in [-0.25, -0.2) is 0 Å². The average Bonchev–Trinajstić information content (AvgIpc) is 2.41. The molecular weight excluding hydrogens is 228 g/mol. The van der Waals surface area contributed by atoms with Crippen LogP contribution >= 0.6 is 0 Å². The topological polar surface area (TPSA) is 59.9 Å². The highest BCUT2D eigenvalue weighted by atomic mass is 16.2. The number of Topliss-reactive ketones (excluding diaryl/α,β-unsaturated/α-hetero) is 2. The molecule has 0 N–H and O–H groups in total. The second-order valence-electron chi connectivity index (χ2n) is 3.84. The molecule has 2 aromatic heterocycles. The molecule has 0 aliphatic heterocycles. The molecule has 0 amide bonds. The van der Waals surface area contributed by atoms with Crippen molar-refractivity contribution < 1.29 is 9.59 Å². The molecule has 0 aliphatic carbocycles. The van der Waals surface area contributed by atoms with Gasteiger partial charge in [-0.1, -0.05) is 12.1 Å². The van der Waals surface area contributed by atoms with Gasteiger partial charge in [-0.2, -0.15) is 0 Å². The number of ketones is 2. The van der Waals surface area contributed by atoms with Crippen LogP contribution in [0.1, 0.15) is 11.4 Å². The van der Waals surface area contributed by atoms with E-state index in [1.54, 1.807) is 48.8 Å². The molecule has 18 heavy (non-hydrogen) atoms. The molecule has 0 unspecified atom stereocenters. The highest BCUT2D eigenvalue weighted by Gasteiger charge is 2.15. The first-order valence-electron chi connectivity index (χ1n) is 5.61. The first kappa shape index (κ1) is 12.1. The molecule has 4 nitrogen and oxygen atoms in total. The van der Waals surface area contributed by atoms with E-state index >= 15 is 0 Å². The lowest BCUT2D eigenvalue weighted by Crippen LogP contribution is -2.19. The van der Waals surface area contributed by atoms with Gasteiger partial charge >= 0.3 is 0 Å². The van der Waals surface area contributed by atoms with Crippen molar-refractivity contribution in [1.29, 1.82) is 0 Å². The van der Waals surface area contributed by atoms with Gasteiger partial charge in [-0.3, -0.25) is 19.6 Å². The van der Waals surface area contributed by atoms with Crippen LogP contribution in [0.5, 0.6) is 0 Å². The van der Waals surface area contributed by atoms with Gasteiger partial charge in [0.15, 0.2) is 0 Å². The zero-order valence-corrected chi connectivity index (χ0v) is 9.74. The molecule has 2 aromatic rings. The summed E-state index contributed by atoms with van der Waals surface area (Å²) in [6, 6.07) is 10.6. The van der Waals surface area contributed by atoms with Crippen LogP contribution < -0.4 is 0 Å². The molecule has 2 heterocycles. The second kappa shape index (κ2) is 5.82. The molecule has 0 aliphatic rings. The average molecular weight is 240 g/mol. The molecule has 0 fully saturated rings. The maximum absolute atomic E-state index is 11.7. The van der Waals surface area contributed by atoms with Crippen molar-refractivity contribution in [3.05, 3.63) is 60.2 Å². The lowest BCUT2D eigenvalue weighted by Gasteiger charge is -2.00. The Morgan fingerprint density at radius 2 is 1.22 bits per heavy atom. The highest BCUT2D eigenvalue weighted by Crippen LogP contribution is 2.00. The van der Waals surface area contributed by atoms with Gasteiger partial charge in [0, 0.05) is 23.8 Å². The fourth-order valence-corrected chi connectivity index (χ4v) is 1.53. The minimum Gasteiger partial charge on any atom is -0.290 e. The van der Waals surface area contributed by atoms with Gasteiger partial charge in [0.2, 0.25) is 11.6 Å². The van der Waals surface area contributed by atoms with Gasteiger partial charge in [-0.15, -0.1) is 0 Å². The maximum atomic E-state index is 11.7. The fourth-order valence-electron chi connectivity index (χ4n) is 1.53. The summed E-state index contributed by atoms with van der Waals surface area (Å²) in [5, 5.41) is 0. The normalized spacial score (nSPS) is 10.0. The molecule has 0 atom stereocenters. The number of rotatable bonds is 5. The van der Waals surface area contributed by atoms with Crippen molar-refractivity contribution >= 4 is 11.6 Å². The Kier molecular flexibility index (Phi) is 3.91. The zero-order chi connectivity index (χ0) is 12.8. The van der Waals surface area contributed by atoms with Crippen LogP contribution in [0.3, 0.4) is 0 Å². The van der Waals surface area contributed by atoms with Gasteiger partial charge in [-0.05, 0) is 24.3 Å². The van der Waals surface area contributed by atoms with Crippen LogP contribution in [0.2, 0.25) is 0 Å². The largest absolute Gasteiger partial charge is 0.290 e. The predicted octanol–water partition coefficient (Wildman–Crippen LogP) is 1.40. The summed E-state index contributed by atoms with van der Waals surface area (Å²) in [6.07, 6.45) is 3.30. The van der Waals surface area contributed by atoms with Crippen molar-refractivity contribution in [3.63, 3.8) is 0 Å². The third-order valence-electron chi connectivity index (χ3n) is 2.45. The monoisotopic (exact) mass is 240 g/mol. The Labute approximate surface area is 105 Å². The van der Waals surface area contributed by atoms with Crippen molar-refractivity contribution in [1.82, 2.24) is 9.97 Å². The number of nitrogens with zero attached hydrogens (tertiary/aromatic N) is 2. The first-order valence-corrected chi connectivity index (χ1v) is 5.61. The predicted molar refractivity (Wildman–Crippen MR) is 65.9 cm³/mol. The molecule has 0 radical (unpaired) electrons. The maximum Gasteiger partial charge on any atom is 0.204 e. The summed E-state index contributed by atoms with van der Waals surface area (Å²) < 4.78 is 0. The Balaban J connectivity index is 1.96. The molecule has 0 saturated heterocycles. The lowest BCUT2D eigenvalue weighted by molar-refractivity contribution is -0.135. The van der Waals surface area contributed by atoms with Crippen LogP contribution in [0.25, 0.3) is 0 Å². The number of hydrogen-bond donors (Lipinski definition) is 0.